The van der Waals surface area contributed by atoms with Crippen molar-refractivity contribution in [1.29, 1.82) is 5.26 Å². The van der Waals surface area contributed by atoms with Crippen molar-refractivity contribution in [3.63, 3.8) is 0 Å². The SMILES string of the molecule is CCC(C#N)Oc1ccc(C)cc1OC. The van der Waals surface area contributed by atoms with Crippen molar-refractivity contribution in [2.45, 2.75) is 26.4 Å². The van der Waals surface area contributed by atoms with Crippen LogP contribution in [0, 0.1) is 18.3 Å². The number of rotatable bonds is 4. The maximum atomic E-state index is 8.79. The molecule has 0 aliphatic heterocycles. The van der Waals surface area contributed by atoms with Gasteiger partial charge < -0.3 is 9.47 Å². The third-order valence-corrected chi connectivity index (χ3v) is 2.10. The van der Waals surface area contributed by atoms with Gasteiger partial charge in [0.05, 0.1) is 7.11 Å². The minimum Gasteiger partial charge on any atom is -0.493 e. The normalized spacial score (nSPS) is 11.6. The number of ether oxygens (including phenoxy) is 2. The minimum absolute atomic E-state index is 0.415. The molecule has 0 aliphatic carbocycles. The van der Waals surface area contributed by atoms with Gasteiger partial charge in [-0.3, -0.25) is 0 Å². The second kappa shape index (κ2) is 5.26. The molecule has 0 saturated heterocycles. The fourth-order valence-corrected chi connectivity index (χ4v) is 1.23. The molecular formula is C12H15NO2. The van der Waals surface area contributed by atoms with Crippen LogP contribution in [0.2, 0.25) is 0 Å². The van der Waals surface area contributed by atoms with Gasteiger partial charge in [-0.1, -0.05) is 13.0 Å². The van der Waals surface area contributed by atoms with E-state index in [9.17, 15) is 0 Å². The van der Waals surface area contributed by atoms with Crippen LogP contribution in [-0.4, -0.2) is 13.2 Å². The summed E-state index contributed by atoms with van der Waals surface area (Å²) in [6, 6.07) is 7.74. The average Bonchev–Trinajstić information content (AvgIpc) is 2.27. The molecule has 0 aliphatic rings. The zero-order valence-electron chi connectivity index (χ0n) is 9.28. The molecule has 1 atom stereocenters. The summed E-state index contributed by atoms with van der Waals surface area (Å²) in [7, 11) is 1.59. The second-order valence-electron chi connectivity index (χ2n) is 3.30. The molecule has 1 aromatic rings. The maximum absolute atomic E-state index is 8.79. The summed E-state index contributed by atoms with van der Waals surface area (Å²) in [6.45, 7) is 3.89. The van der Waals surface area contributed by atoms with Crippen molar-refractivity contribution in [1.82, 2.24) is 0 Å². The molecule has 1 unspecified atom stereocenters. The Morgan fingerprint density at radius 3 is 2.67 bits per heavy atom. The standard InChI is InChI=1S/C12H15NO2/c1-4-10(8-13)15-11-6-5-9(2)7-12(11)14-3/h5-7,10H,4H2,1-3H3. The number of nitriles is 1. The Hall–Kier alpha value is -1.69. The first-order valence-electron chi connectivity index (χ1n) is 4.92. The molecule has 80 valence electrons. The van der Waals surface area contributed by atoms with Crippen molar-refractivity contribution < 1.29 is 9.47 Å². The van der Waals surface area contributed by atoms with E-state index in [-0.39, 0.29) is 0 Å². The molecule has 0 spiro atoms. The number of hydrogen-bond acceptors (Lipinski definition) is 3. The number of aryl methyl sites for hydroxylation is 1. The van der Waals surface area contributed by atoms with Crippen molar-refractivity contribution >= 4 is 0 Å². The first-order valence-corrected chi connectivity index (χ1v) is 4.92. The van der Waals surface area contributed by atoms with E-state index in [1.165, 1.54) is 0 Å². The molecule has 1 rings (SSSR count). The number of hydrogen-bond donors (Lipinski definition) is 0. The lowest BCUT2D eigenvalue weighted by molar-refractivity contribution is 0.239. The number of benzene rings is 1. The van der Waals surface area contributed by atoms with E-state index < -0.39 is 6.10 Å². The molecule has 0 N–H and O–H groups in total. The third-order valence-electron chi connectivity index (χ3n) is 2.10. The van der Waals surface area contributed by atoms with E-state index in [4.69, 9.17) is 14.7 Å². The smallest absolute Gasteiger partial charge is 0.184 e. The van der Waals surface area contributed by atoms with Gasteiger partial charge in [0.15, 0.2) is 17.6 Å². The van der Waals surface area contributed by atoms with Gasteiger partial charge in [-0.2, -0.15) is 5.26 Å². The zero-order valence-corrected chi connectivity index (χ0v) is 9.28. The largest absolute Gasteiger partial charge is 0.493 e. The summed E-state index contributed by atoms with van der Waals surface area (Å²) in [5, 5.41) is 8.79. The summed E-state index contributed by atoms with van der Waals surface area (Å²) in [6.07, 6.45) is 0.245. The van der Waals surface area contributed by atoms with Gasteiger partial charge in [-0.15, -0.1) is 0 Å². The summed E-state index contributed by atoms with van der Waals surface area (Å²) in [4.78, 5) is 0. The fraction of sp³-hybridized carbons (Fsp3) is 0.417. The zero-order chi connectivity index (χ0) is 11.3. The molecule has 0 amide bonds. The Bertz CT molecular complexity index is 368. The van der Waals surface area contributed by atoms with E-state index in [2.05, 4.69) is 6.07 Å². The van der Waals surface area contributed by atoms with Crippen molar-refractivity contribution in [3.8, 4) is 17.6 Å². The van der Waals surface area contributed by atoms with Gasteiger partial charge in [0.25, 0.3) is 0 Å². The van der Waals surface area contributed by atoms with Crippen LogP contribution in [0.3, 0.4) is 0 Å². The Morgan fingerprint density at radius 1 is 1.40 bits per heavy atom. The highest BCUT2D eigenvalue weighted by atomic mass is 16.5. The van der Waals surface area contributed by atoms with Crippen LogP contribution in [0.1, 0.15) is 18.9 Å². The monoisotopic (exact) mass is 205 g/mol. The fourth-order valence-electron chi connectivity index (χ4n) is 1.23. The summed E-state index contributed by atoms with van der Waals surface area (Å²) >= 11 is 0. The molecule has 3 heteroatoms. The molecule has 0 bridgehead atoms. The van der Waals surface area contributed by atoms with Gasteiger partial charge in [0.1, 0.15) is 6.07 Å². The Morgan fingerprint density at radius 2 is 2.13 bits per heavy atom. The summed E-state index contributed by atoms with van der Waals surface area (Å²) in [5.41, 5.74) is 1.10. The predicted molar refractivity (Wildman–Crippen MR) is 58.1 cm³/mol. The summed E-state index contributed by atoms with van der Waals surface area (Å²) in [5.74, 6) is 1.29. The summed E-state index contributed by atoms with van der Waals surface area (Å²) < 4.78 is 10.7. The molecular weight excluding hydrogens is 190 g/mol. The van der Waals surface area contributed by atoms with Crippen molar-refractivity contribution in [2.24, 2.45) is 0 Å². The number of nitrogens with zero attached hydrogens (tertiary/aromatic N) is 1. The lowest BCUT2D eigenvalue weighted by Gasteiger charge is -2.13. The van der Waals surface area contributed by atoms with E-state index >= 15 is 0 Å². The third kappa shape index (κ3) is 2.88. The van der Waals surface area contributed by atoms with Gasteiger partial charge in [0.2, 0.25) is 0 Å². The quantitative estimate of drug-likeness (QED) is 0.758. The van der Waals surface area contributed by atoms with Gasteiger partial charge >= 0.3 is 0 Å². The van der Waals surface area contributed by atoms with E-state index in [0.29, 0.717) is 17.9 Å². The van der Waals surface area contributed by atoms with Crippen LogP contribution in [0.15, 0.2) is 18.2 Å². The molecule has 0 fully saturated rings. The Kier molecular flexibility index (Phi) is 3.99. The molecule has 15 heavy (non-hydrogen) atoms. The van der Waals surface area contributed by atoms with Gasteiger partial charge in [0, 0.05) is 0 Å². The Balaban J connectivity index is 2.89. The highest BCUT2D eigenvalue weighted by Gasteiger charge is 2.10. The van der Waals surface area contributed by atoms with E-state index in [0.717, 1.165) is 5.56 Å². The highest BCUT2D eigenvalue weighted by molar-refractivity contribution is 5.42. The Labute approximate surface area is 90.2 Å². The molecule has 0 heterocycles. The van der Waals surface area contributed by atoms with Crippen LogP contribution in [0.5, 0.6) is 11.5 Å². The first kappa shape index (κ1) is 11.4. The predicted octanol–water partition coefficient (Wildman–Crippen LogP) is 2.68. The van der Waals surface area contributed by atoms with Crippen LogP contribution >= 0.6 is 0 Å². The molecule has 0 aromatic heterocycles. The topological polar surface area (TPSA) is 42.2 Å². The molecule has 0 saturated carbocycles. The van der Waals surface area contributed by atoms with Gasteiger partial charge in [-0.25, -0.2) is 0 Å². The minimum atomic E-state index is -0.415. The van der Waals surface area contributed by atoms with E-state index in [1.807, 2.05) is 32.0 Å². The average molecular weight is 205 g/mol. The van der Waals surface area contributed by atoms with Crippen LogP contribution in [-0.2, 0) is 0 Å². The first-order chi connectivity index (χ1) is 7.21. The molecule has 0 radical (unpaired) electrons. The highest BCUT2D eigenvalue weighted by Crippen LogP contribution is 2.28. The van der Waals surface area contributed by atoms with Crippen LogP contribution in [0.4, 0.5) is 0 Å². The van der Waals surface area contributed by atoms with Crippen molar-refractivity contribution in [2.75, 3.05) is 7.11 Å². The second-order valence-corrected chi connectivity index (χ2v) is 3.30. The van der Waals surface area contributed by atoms with Crippen LogP contribution in [0.25, 0.3) is 0 Å². The maximum Gasteiger partial charge on any atom is 0.184 e. The lowest BCUT2D eigenvalue weighted by atomic mass is 10.2. The number of methoxy groups -OCH3 is 1. The molecule has 1 aromatic carbocycles. The van der Waals surface area contributed by atoms with E-state index in [1.54, 1.807) is 7.11 Å². The molecule has 3 nitrogen and oxygen atoms in total. The lowest BCUT2D eigenvalue weighted by Crippen LogP contribution is -2.12. The van der Waals surface area contributed by atoms with Crippen LogP contribution < -0.4 is 9.47 Å². The van der Waals surface area contributed by atoms with Gasteiger partial charge in [-0.05, 0) is 31.0 Å². The van der Waals surface area contributed by atoms with Crippen molar-refractivity contribution in [3.05, 3.63) is 23.8 Å².